The largest absolute Gasteiger partial charge is 0.504 e. The molecule has 2 rings (SSSR count). The fourth-order valence-corrected chi connectivity index (χ4v) is 1.83. The Morgan fingerprint density at radius 2 is 1.52 bits per heavy atom. The van der Waals surface area contributed by atoms with Crippen molar-refractivity contribution >= 4 is 11.3 Å². The number of aryl methyl sites for hydroxylation is 1. The highest BCUT2D eigenvalue weighted by Crippen LogP contribution is 2.30. The molecule has 0 saturated heterocycles. The summed E-state index contributed by atoms with van der Waals surface area (Å²) in [6.45, 7) is 19.7. The summed E-state index contributed by atoms with van der Waals surface area (Å²) in [5.74, 6) is 0.579. The minimum atomic E-state index is 0.130. The predicted molar refractivity (Wildman–Crippen MR) is 130 cm³/mol. The molecule has 0 radical (unpaired) electrons. The Morgan fingerprint density at radius 3 is 1.86 bits per heavy atom. The Kier molecular flexibility index (Phi) is 16.9. The molecule has 2 aromatic rings. The quantitative estimate of drug-likeness (QED) is 0.432. The summed E-state index contributed by atoms with van der Waals surface area (Å²) in [5, 5.41) is 9.38. The van der Waals surface area contributed by atoms with Gasteiger partial charge in [0.15, 0.2) is 11.5 Å². The van der Waals surface area contributed by atoms with Gasteiger partial charge in [0.1, 0.15) is 0 Å². The van der Waals surface area contributed by atoms with Gasteiger partial charge in [-0.25, -0.2) is 0 Å². The maximum absolute atomic E-state index is 9.38. The second-order valence-electron chi connectivity index (χ2n) is 6.16. The van der Waals surface area contributed by atoms with Gasteiger partial charge in [-0.05, 0) is 56.0 Å². The Balaban J connectivity index is 0. The maximum atomic E-state index is 9.38. The second-order valence-corrected chi connectivity index (χ2v) is 6.16. The fraction of sp³-hybridized carbons (Fsp3) is 0.346. The van der Waals surface area contributed by atoms with Gasteiger partial charge in [-0.3, -0.25) is 4.99 Å². The van der Waals surface area contributed by atoms with Crippen LogP contribution in [-0.2, 0) is 6.42 Å². The second kappa shape index (κ2) is 17.3. The van der Waals surface area contributed by atoms with E-state index in [1.165, 1.54) is 12.7 Å². The van der Waals surface area contributed by atoms with E-state index < -0.39 is 0 Å². The Morgan fingerprint density at radius 1 is 1.00 bits per heavy atom. The number of benzene rings is 2. The molecule has 0 amide bonds. The van der Waals surface area contributed by atoms with Gasteiger partial charge in [-0.1, -0.05) is 75.9 Å². The summed E-state index contributed by atoms with van der Waals surface area (Å²) in [7, 11) is 3.30. The highest BCUT2D eigenvalue weighted by molar-refractivity contribution is 5.78. The molecule has 3 nitrogen and oxygen atoms in total. The molecular formula is C26H39NO2. The molecule has 160 valence electrons. The van der Waals surface area contributed by atoms with Gasteiger partial charge in [-0.2, -0.15) is 0 Å². The summed E-state index contributed by atoms with van der Waals surface area (Å²) in [5.41, 5.74) is 5.20. The molecule has 0 saturated carbocycles. The minimum absolute atomic E-state index is 0.130. The van der Waals surface area contributed by atoms with Crippen LogP contribution in [0.3, 0.4) is 0 Å². The highest BCUT2D eigenvalue weighted by atomic mass is 16.5. The first kappa shape index (κ1) is 28.4. The van der Waals surface area contributed by atoms with E-state index in [1.54, 1.807) is 25.2 Å². The summed E-state index contributed by atoms with van der Waals surface area (Å²) in [6.07, 6.45) is 1.14. The van der Waals surface area contributed by atoms with E-state index in [4.69, 9.17) is 4.74 Å². The molecule has 0 aliphatic heterocycles. The lowest BCUT2D eigenvalue weighted by Crippen LogP contribution is -1.88. The zero-order valence-electron chi connectivity index (χ0n) is 19.5. The van der Waals surface area contributed by atoms with Gasteiger partial charge in [0.05, 0.1) is 7.11 Å². The summed E-state index contributed by atoms with van der Waals surface area (Å²) < 4.78 is 4.99. The van der Waals surface area contributed by atoms with Crippen molar-refractivity contribution in [2.75, 3.05) is 14.2 Å². The lowest BCUT2D eigenvalue weighted by molar-refractivity contribution is 0.373. The van der Waals surface area contributed by atoms with Gasteiger partial charge in [0.25, 0.3) is 0 Å². The van der Waals surface area contributed by atoms with E-state index >= 15 is 0 Å². The Hall–Kier alpha value is -2.81. The molecule has 0 fully saturated rings. The van der Waals surface area contributed by atoms with Crippen LogP contribution in [0, 0.1) is 0 Å². The van der Waals surface area contributed by atoms with E-state index in [0.717, 1.165) is 28.8 Å². The number of rotatable bonds is 4. The molecule has 0 aliphatic carbocycles. The van der Waals surface area contributed by atoms with Crippen molar-refractivity contribution in [3.8, 4) is 11.5 Å². The van der Waals surface area contributed by atoms with Crippen LogP contribution in [0.2, 0.25) is 0 Å². The summed E-state index contributed by atoms with van der Waals surface area (Å²) in [6, 6.07) is 15.6. The third-order valence-corrected chi connectivity index (χ3v) is 3.74. The molecule has 3 heteroatoms. The van der Waals surface area contributed by atoms with Crippen LogP contribution in [-0.4, -0.2) is 25.0 Å². The number of hydrogen-bond donors (Lipinski definition) is 1. The predicted octanol–water partition coefficient (Wildman–Crippen LogP) is 7.36. The average Bonchev–Trinajstić information content (AvgIpc) is 2.76. The highest BCUT2D eigenvalue weighted by Gasteiger charge is 2.05. The number of aromatic hydroxyl groups is 1. The van der Waals surface area contributed by atoms with Gasteiger partial charge >= 0.3 is 0 Å². The van der Waals surface area contributed by atoms with Crippen molar-refractivity contribution < 1.29 is 9.84 Å². The van der Waals surface area contributed by atoms with Crippen molar-refractivity contribution in [2.45, 2.75) is 48.0 Å². The molecule has 2 aromatic carbocycles. The molecule has 0 bridgehead atoms. The van der Waals surface area contributed by atoms with E-state index in [-0.39, 0.29) is 5.75 Å². The minimum Gasteiger partial charge on any atom is -0.504 e. The van der Waals surface area contributed by atoms with E-state index in [2.05, 4.69) is 49.3 Å². The lowest BCUT2D eigenvalue weighted by atomic mass is 10.0. The van der Waals surface area contributed by atoms with Crippen LogP contribution in [0.15, 0.2) is 72.3 Å². The number of phenols is 1. The smallest absolute Gasteiger partial charge is 0.161 e. The molecule has 0 heterocycles. The fourth-order valence-electron chi connectivity index (χ4n) is 1.83. The monoisotopic (exact) mass is 397 g/mol. The molecule has 29 heavy (non-hydrogen) atoms. The maximum Gasteiger partial charge on any atom is 0.161 e. The SMILES string of the molecule is C=C(C)C(=C)c1ccc(O)c(OC)c1.CC.CCc1ccccc1.CN=C(C)C. The van der Waals surface area contributed by atoms with Crippen LogP contribution in [0.25, 0.3) is 5.57 Å². The van der Waals surface area contributed by atoms with Gasteiger partial charge < -0.3 is 9.84 Å². The number of ether oxygens (including phenoxy) is 1. The Bertz CT molecular complexity index is 743. The molecule has 0 spiro atoms. The molecule has 0 aromatic heterocycles. The number of phenolic OH excluding ortho intramolecular Hbond substituents is 1. The average molecular weight is 398 g/mol. The summed E-state index contributed by atoms with van der Waals surface area (Å²) >= 11 is 0. The molecule has 0 unspecified atom stereocenters. The number of nitrogens with zero attached hydrogens (tertiary/aromatic N) is 1. The molecule has 0 aliphatic rings. The number of hydrogen-bond acceptors (Lipinski definition) is 3. The van der Waals surface area contributed by atoms with Crippen LogP contribution in [0.5, 0.6) is 11.5 Å². The number of allylic oxidation sites excluding steroid dienone is 2. The van der Waals surface area contributed by atoms with Crippen molar-refractivity contribution in [2.24, 2.45) is 4.99 Å². The van der Waals surface area contributed by atoms with Crippen molar-refractivity contribution in [3.63, 3.8) is 0 Å². The third-order valence-electron chi connectivity index (χ3n) is 3.74. The van der Waals surface area contributed by atoms with Crippen LogP contribution in [0.4, 0.5) is 0 Å². The molecule has 0 atom stereocenters. The Labute approximate surface area is 178 Å². The van der Waals surface area contributed by atoms with Crippen LogP contribution in [0.1, 0.15) is 52.7 Å². The first-order valence-corrected chi connectivity index (χ1v) is 9.92. The van der Waals surface area contributed by atoms with E-state index in [0.29, 0.717) is 5.75 Å². The van der Waals surface area contributed by atoms with Crippen molar-refractivity contribution in [3.05, 3.63) is 78.4 Å². The van der Waals surface area contributed by atoms with Crippen LogP contribution >= 0.6 is 0 Å². The van der Waals surface area contributed by atoms with E-state index in [1.807, 2.05) is 40.7 Å². The zero-order chi connectivity index (χ0) is 22.8. The van der Waals surface area contributed by atoms with Crippen molar-refractivity contribution in [1.29, 1.82) is 0 Å². The first-order valence-electron chi connectivity index (χ1n) is 9.92. The molecular weight excluding hydrogens is 358 g/mol. The van der Waals surface area contributed by atoms with Gasteiger partial charge in [-0.15, -0.1) is 0 Å². The topological polar surface area (TPSA) is 41.8 Å². The van der Waals surface area contributed by atoms with Gasteiger partial charge in [0.2, 0.25) is 0 Å². The van der Waals surface area contributed by atoms with E-state index in [9.17, 15) is 5.11 Å². The molecule has 1 N–H and O–H groups in total. The zero-order valence-corrected chi connectivity index (χ0v) is 19.5. The van der Waals surface area contributed by atoms with Gasteiger partial charge in [0, 0.05) is 12.8 Å². The third kappa shape index (κ3) is 13.1. The normalized spacial score (nSPS) is 8.55. The standard InChI is InChI=1S/C12H14O2.C8H10.C4H9N.C2H6/c1-8(2)9(3)10-5-6-11(13)12(7-10)14-4;1-2-8-6-4-3-5-7-8;1-4(2)5-3;1-2/h5-7,13H,1,3H2,2,4H3;3-7H,2H2,1H3;1-3H3;1-2H3. The lowest BCUT2D eigenvalue weighted by Gasteiger charge is -2.08. The van der Waals surface area contributed by atoms with Crippen LogP contribution < -0.4 is 4.74 Å². The first-order chi connectivity index (χ1) is 13.8. The number of methoxy groups -OCH3 is 1. The van der Waals surface area contributed by atoms with Crippen molar-refractivity contribution in [1.82, 2.24) is 0 Å². The number of aliphatic imine (C=N–C) groups is 1. The summed E-state index contributed by atoms with van der Waals surface area (Å²) in [4.78, 5) is 3.81.